The monoisotopic (exact) mass is 328 g/mol. The number of hydrogen-bond donors (Lipinski definition) is 1. The maximum absolute atomic E-state index is 12.9. The summed E-state index contributed by atoms with van der Waals surface area (Å²) in [6.45, 7) is 2.49. The van der Waals surface area contributed by atoms with Gasteiger partial charge >= 0.3 is 0 Å². The molecule has 0 aromatic carbocycles. The molecule has 2 aromatic heterocycles. The first-order valence-electron chi connectivity index (χ1n) is 7.86. The molecule has 1 fully saturated rings. The van der Waals surface area contributed by atoms with Crippen molar-refractivity contribution in [3.63, 3.8) is 0 Å². The van der Waals surface area contributed by atoms with E-state index in [1.54, 1.807) is 47.5 Å². The molecule has 0 unspecified atom stereocenters. The molecular weight excluding hydrogens is 308 g/mol. The Balaban J connectivity index is 1.97. The zero-order chi connectivity index (χ0) is 17.2. The summed E-state index contributed by atoms with van der Waals surface area (Å²) >= 11 is 0. The summed E-state index contributed by atoms with van der Waals surface area (Å²) < 4.78 is 1.77. The van der Waals surface area contributed by atoms with Gasteiger partial charge in [-0.1, -0.05) is 0 Å². The fraction of sp³-hybridized carbons (Fsp3) is 0.438. The van der Waals surface area contributed by atoms with Gasteiger partial charge in [-0.2, -0.15) is 0 Å². The van der Waals surface area contributed by atoms with Gasteiger partial charge in [0.1, 0.15) is 12.4 Å². The summed E-state index contributed by atoms with van der Waals surface area (Å²) in [6, 6.07) is 0. The minimum Gasteiger partial charge on any atom is -0.357 e. The zero-order valence-electron chi connectivity index (χ0n) is 13.8. The van der Waals surface area contributed by atoms with Gasteiger partial charge in [0, 0.05) is 38.4 Å². The van der Waals surface area contributed by atoms with Crippen molar-refractivity contribution < 1.29 is 9.59 Å². The van der Waals surface area contributed by atoms with Gasteiger partial charge in [0.25, 0.3) is 5.91 Å². The lowest BCUT2D eigenvalue weighted by atomic mass is 9.90. The first kappa shape index (κ1) is 16.1. The van der Waals surface area contributed by atoms with Crippen LogP contribution in [0.25, 0.3) is 0 Å². The number of imidazole rings is 1. The Labute approximate surface area is 139 Å². The number of carbonyl (C=O) groups excluding carboxylic acids is 2. The Bertz CT molecular complexity index is 744. The van der Waals surface area contributed by atoms with Gasteiger partial charge in [0.05, 0.1) is 11.9 Å². The molecule has 2 amide bonds. The molecule has 126 valence electrons. The van der Waals surface area contributed by atoms with E-state index in [0.717, 1.165) is 12.2 Å². The quantitative estimate of drug-likeness (QED) is 0.868. The second kappa shape index (κ2) is 6.38. The Morgan fingerprint density at radius 3 is 2.75 bits per heavy atom. The van der Waals surface area contributed by atoms with E-state index >= 15 is 0 Å². The zero-order valence-corrected chi connectivity index (χ0v) is 13.8. The standard InChI is InChI=1S/C16H20N6O2/c1-12-19-7-9-21(12)11-14(23)22-8-3-4-16(22,15(24)17-2)13-10-18-5-6-20-13/h5-7,9-10H,3-4,8,11H2,1-2H3,(H,17,24)/t16-/m1/s1. The van der Waals surface area contributed by atoms with Crippen LogP contribution in [0.5, 0.6) is 0 Å². The largest absolute Gasteiger partial charge is 0.357 e. The first-order valence-corrected chi connectivity index (χ1v) is 7.86. The van der Waals surface area contributed by atoms with Crippen LogP contribution in [0, 0.1) is 6.92 Å². The fourth-order valence-corrected chi connectivity index (χ4v) is 3.30. The van der Waals surface area contributed by atoms with Gasteiger partial charge in [-0.05, 0) is 19.8 Å². The lowest BCUT2D eigenvalue weighted by Crippen LogP contribution is -2.55. The lowest BCUT2D eigenvalue weighted by Gasteiger charge is -2.36. The number of nitrogens with zero attached hydrogens (tertiary/aromatic N) is 5. The molecule has 0 saturated carbocycles. The van der Waals surface area contributed by atoms with Crippen LogP contribution in [-0.2, 0) is 21.7 Å². The van der Waals surface area contributed by atoms with Gasteiger partial charge < -0.3 is 14.8 Å². The molecule has 1 aliphatic heterocycles. The molecule has 1 N–H and O–H groups in total. The lowest BCUT2D eigenvalue weighted by molar-refractivity contribution is -0.146. The van der Waals surface area contributed by atoms with Crippen LogP contribution >= 0.6 is 0 Å². The number of aromatic nitrogens is 4. The van der Waals surface area contributed by atoms with Crippen molar-refractivity contribution in [2.24, 2.45) is 0 Å². The molecule has 8 heteroatoms. The van der Waals surface area contributed by atoms with E-state index in [1.807, 2.05) is 6.92 Å². The number of nitrogens with one attached hydrogen (secondary N) is 1. The molecule has 0 aliphatic carbocycles. The van der Waals surface area contributed by atoms with Crippen LogP contribution < -0.4 is 5.32 Å². The van der Waals surface area contributed by atoms with E-state index in [4.69, 9.17) is 0 Å². The third-order valence-electron chi connectivity index (χ3n) is 4.50. The highest BCUT2D eigenvalue weighted by molar-refractivity contribution is 5.92. The van der Waals surface area contributed by atoms with Crippen LogP contribution in [0.15, 0.2) is 31.0 Å². The molecule has 2 aromatic rings. The van der Waals surface area contributed by atoms with E-state index in [9.17, 15) is 9.59 Å². The average molecular weight is 328 g/mol. The summed E-state index contributed by atoms with van der Waals surface area (Å²) in [5, 5.41) is 2.68. The maximum Gasteiger partial charge on any atom is 0.252 e. The van der Waals surface area contributed by atoms with Crippen molar-refractivity contribution in [2.45, 2.75) is 31.8 Å². The van der Waals surface area contributed by atoms with Gasteiger partial charge in [-0.3, -0.25) is 19.6 Å². The molecule has 8 nitrogen and oxygen atoms in total. The van der Waals surface area contributed by atoms with Crippen LogP contribution in [0.2, 0.25) is 0 Å². The highest BCUT2D eigenvalue weighted by atomic mass is 16.2. The fourth-order valence-electron chi connectivity index (χ4n) is 3.30. The van der Waals surface area contributed by atoms with Crippen molar-refractivity contribution in [1.29, 1.82) is 0 Å². The number of carbonyl (C=O) groups is 2. The van der Waals surface area contributed by atoms with Crippen molar-refractivity contribution in [1.82, 2.24) is 29.7 Å². The number of rotatable bonds is 4. The summed E-state index contributed by atoms with van der Waals surface area (Å²) in [7, 11) is 1.57. The summed E-state index contributed by atoms with van der Waals surface area (Å²) in [5.74, 6) is 0.381. The third kappa shape index (κ3) is 2.53. The van der Waals surface area contributed by atoms with E-state index in [0.29, 0.717) is 18.7 Å². The molecular formula is C16H20N6O2. The normalized spacial score (nSPS) is 20.2. The van der Waals surface area contributed by atoms with E-state index in [2.05, 4.69) is 20.3 Å². The van der Waals surface area contributed by atoms with E-state index in [-0.39, 0.29) is 18.4 Å². The third-order valence-corrected chi connectivity index (χ3v) is 4.50. The summed E-state index contributed by atoms with van der Waals surface area (Å²) in [5.41, 5.74) is -0.605. The predicted octanol–water partition coefficient (Wildman–Crippen LogP) is 0.245. The van der Waals surface area contributed by atoms with Crippen molar-refractivity contribution >= 4 is 11.8 Å². The van der Waals surface area contributed by atoms with Gasteiger partial charge in [0.2, 0.25) is 5.91 Å². The Hall–Kier alpha value is -2.77. The van der Waals surface area contributed by atoms with Crippen molar-refractivity contribution in [3.05, 3.63) is 42.5 Å². The molecule has 1 atom stereocenters. The Kier molecular flexibility index (Phi) is 4.28. The summed E-state index contributed by atoms with van der Waals surface area (Å²) in [6.07, 6.45) is 9.33. The second-order valence-electron chi connectivity index (χ2n) is 5.78. The number of amides is 2. The molecule has 0 spiro atoms. The van der Waals surface area contributed by atoms with Crippen LogP contribution in [0.4, 0.5) is 0 Å². The number of likely N-dealkylation sites (tertiary alicyclic amines) is 1. The Morgan fingerprint density at radius 1 is 1.29 bits per heavy atom. The number of aryl methyl sites for hydroxylation is 1. The number of hydrogen-bond acceptors (Lipinski definition) is 5. The first-order chi connectivity index (χ1) is 11.6. The SMILES string of the molecule is CNC(=O)[C@]1(c2cnccn2)CCCN1C(=O)Cn1ccnc1C. The van der Waals surface area contributed by atoms with E-state index < -0.39 is 5.54 Å². The van der Waals surface area contributed by atoms with E-state index in [1.165, 1.54) is 0 Å². The summed E-state index contributed by atoms with van der Waals surface area (Å²) in [4.78, 5) is 39.8. The highest BCUT2D eigenvalue weighted by Crippen LogP contribution is 2.38. The minimum absolute atomic E-state index is 0.136. The maximum atomic E-state index is 12.9. The molecule has 3 heterocycles. The molecule has 24 heavy (non-hydrogen) atoms. The van der Waals surface area contributed by atoms with Crippen molar-refractivity contribution in [3.8, 4) is 0 Å². The predicted molar refractivity (Wildman–Crippen MR) is 85.7 cm³/mol. The number of likely N-dealkylation sites (N-methyl/N-ethyl adjacent to an activating group) is 1. The van der Waals surface area contributed by atoms with Crippen LogP contribution in [0.3, 0.4) is 0 Å². The molecule has 1 saturated heterocycles. The second-order valence-corrected chi connectivity index (χ2v) is 5.78. The van der Waals surface area contributed by atoms with Gasteiger partial charge in [-0.25, -0.2) is 4.98 Å². The van der Waals surface area contributed by atoms with Gasteiger partial charge in [-0.15, -0.1) is 0 Å². The average Bonchev–Trinajstić information content (AvgIpc) is 3.22. The van der Waals surface area contributed by atoms with Gasteiger partial charge in [0.15, 0.2) is 5.54 Å². The van der Waals surface area contributed by atoms with Crippen LogP contribution in [0.1, 0.15) is 24.4 Å². The minimum atomic E-state index is -1.10. The smallest absolute Gasteiger partial charge is 0.252 e. The molecule has 3 rings (SSSR count). The highest BCUT2D eigenvalue weighted by Gasteiger charge is 2.51. The molecule has 0 bridgehead atoms. The topological polar surface area (TPSA) is 93.0 Å². The van der Waals surface area contributed by atoms with Crippen molar-refractivity contribution in [2.75, 3.05) is 13.6 Å². The Morgan fingerprint density at radius 2 is 2.12 bits per heavy atom. The molecule has 1 aliphatic rings. The molecule has 0 radical (unpaired) electrons. The van der Waals surface area contributed by atoms with Crippen LogP contribution in [-0.4, -0.2) is 49.8 Å².